The largest absolute Gasteiger partial charge is 0.510 e. The topological polar surface area (TPSA) is 60.2 Å². The maximum absolute atomic E-state index is 13.4. The lowest BCUT2D eigenvalue weighted by molar-refractivity contribution is 0.346. The van der Waals surface area contributed by atoms with Crippen molar-refractivity contribution >= 4 is 34.3 Å². The number of nitrogens with zero attached hydrogens (tertiary/aromatic N) is 2. The Morgan fingerprint density at radius 2 is 2.04 bits per heavy atom. The molecule has 4 rings (SSSR count). The van der Waals surface area contributed by atoms with Crippen LogP contribution in [0.4, 0.5) is 4.39 Å². The molecular weight excluding hydrogens is 385 g/mol. The zero-order chi connectivity index (χ0) is 19.0. The molecule has 0 aliphatic carbocycles. The first-order valence-corrected chi connectivity index (χ1v) is 9.49. The molecule has 0 saturated carbocycles. The van der Waals surface area contributed by atoms with Crippen molar-refractivity contribution in [2.75, 3.05) is 6.54 Å². The van der Waals surface area contributed by atoms with Gasteiger partial charge in [0.1, 0.15) is 22.4 Å². The number of aromatic nitrogens is 1. The summed E-state index contributed by atoms with van der Waals surface area (Å²) < 4.78 is 13.4. The summed E-state index contributed by atoms with van der Waals surface area (Å²) in [4.78, 5) is 6.27. The standard InChI is InChI=1S/C20H15ClFN3OS/c21-14-5-2-4-13(8-14)16-11-27-20(24-16)18-17(26)10-25(19(18)23)9-12-3-1-6-15(22)7-12/h1-8,11,23,26H,9-10H2. The molecular formula is C20H15ClFN3OS. The first-order chi connectivity index (χ1) is 13.0. The lowest BCUT2D eigenvalue weighted by atomic mass is 10.2. The lowest BCUT2D eigenvalue weighted by Crippen LogP contribution is -2.26. The van der Waals surface area contributed by atoms with Crippen molar-refractivity contribution in [2.24, 2.45) is 0 Å². The molecule has 0 amide bonds. The number of aliphatic hydroxyl groups excluding tert-OH is 1. The molecule has 1 aromatic heterocycles. The Morgan fingerprint density at radius 1 is 1.22 bits per heavy atom. The highest BCUT2D eigenvalue weighted by atomic mass is 35.5. The second-order valence-corrected chi connectivity index (χ2v) is 7.50. The number of benzene rings is 2. The van der Waals surface area contributed by atoms with E-state index in [1.54, 1.807) is 23.1 Å². The second kappa shape index (κ2) is 7.13. The van der Waals surface area contributed by atoms with E-state index in [-0.39, 0.29) is 24.0 Å². The van der Waals surface area contributed by atoms with Crippen LogP contribution in [0.1, 0.15) is 10.6 Å². The Hall–Kier alpha value is -2.70. The van der Waals surface area contributed by atoms with Gasteiger partial charge < -0.3 is 10.0 Å². The van der Waals surface area contributed by atoms with E-state index in [4.69, 9.17) is 17.0 Å². The third kappa shape index (κ3) is 3.59. The fraction of sp³-hybridized carbons (Fsp3) is 0.100. The Balaban J connectivity index is 1.57. The number of hydrogen-bond acceptors (Lipinski definition) is 4. The molecule has 27 heavy (non-hydrogen) atoms. The van der Waals surface area contributed by atoms with Gasteiger partial charge in [-0.2, -0.15) is 0 Å². The fourth-order valence-corrected chi connectivity index (χ4v) is 4.10. The smallest absolute Gasteiger partial charge is 0.135 e. The van der Waals surface area contributed by atoms with Gasteiger partial charge in [0.25, 0.3) is 0 Å². The van der Waals surface area contributed by atoms with Gasteiger partial charge in [-0.25, -0.2) is 9.37 Å². The van der Waals surface area contributed by atoms with Crippen LogP contribution in [0.5, 0.6) is 0 Å². The molecule has 0 unspecified atom stereocenters. The van der Waals surface area contributed by atoms with E-state index >= 15 is 0 Å². The Kier molecular flexibility index (Phi) is 4.68. The van der Waals surface area contributed by atoms with Crippen LogP contribution in [-0.2, 0) is 6.54 Å². The molecule has 2 N–H and O–H groups in total. The summed E-state index contributed by atoms with van der Waals surface area (Å²) in [5.74, 6) is -0.0335. The summed E-state index contributed by atoms with van der Waals surface area (Å²) in [6, 6.07) is 13.6. The average molecular weight is 400 g/mol. The minimum atomic E-state index is -0.318. The van der Waals surface area contributed by atoms with Gasteiger partial charge in [0.15, 0.2) is 0 Å². The first-order valence-electron chi connectivity index (χ1n) is 8.23. The third-order valence-electron chi connectivity index (χ3n) is 4.28. The van der Waals surface area contributed by atoms with E-state index < -0.39 is 0 Å². The summed E-state index contributed by atoms with van der Waals surface area (Å²) in [5.41, 5.74) is 2.79. The van der Waals surface area contributed by atoms with Crippen molar-refractivity contribution in [3.8, 4) is 11.3 Å². The molecule has 0 radical (unpaired) electrons. The van der Waals surface area contributed by atoms with Gasteiger partial charge in [-0.1, -0.05) is 35.9 Å². The van der Waals surface area contributed by atoms with E-state index in [0.717, 1.165) is 16.8 Å². The van der Waals surface area contributed by atoms with E-state index in [1.807, 2.05) is 23.6 Å². The molecule has 0 bridgehead atoms. The van der Waals surface area contributed by atoms with Gasteiger partial charge in [-0.05, 0) is 29.8 Å². The highest BCUT2D eigenvalue weighted by Gasteiger charge is 2.30. The van der Waals surface area contributed by atoms with Crippen molar-refractivity contribution < 1.29 is 9.50 Å². The third-order valence-corrected chi connectivity index (χ3v) is 5.38. The zero-order valence-electron chi connectivity index (χ0n) is 14.1. The van der Waals surface area contributed by atoms with Gasteiger partial charge in [0.2, 0.25) is 0 Å². The Labute approximate surface area is 164 Å². The second-order valence-electron chi connectivity index (χ2n) is 6.20. The highest BCUT2D eigenvalue weighted by Crippen LogP contribution is 2.33. The van der Waals surface area contributed by atoms with Crippen LogP contribution >= 0.6 is 22.9 Å². The first kappa shape index (κ1) is 17.7. The molecule has 1 aliphatic rings. The van der Waals surface area contributed by atoms with Crippen LogP contribution in [0.2, 0.25) is 5.02 Å². The number of thiazole rings is 1. The quantitative estimate of drug-likeness (QED) is 0.620. The molecule has 1 aliphatic heterocycles. The number of aliphatic hydroxyl groups is 1. The van der Waals surface area contributed by atoms with Crippen molar-refractivity contribution in [2.45, 2.75) is 6.54 Å². The summed E-state index contributed by atoms with van der Waals surface area (Å²) in [6.45, 7) is 0.549. The predicted molar refractivity (Wildman–Crippen MR) is 107 cm³/mol. The lowest BCUT2D eigenvalue weighted by Gasteiger charge is -2.18. The average Bonchev–Trinajstić information content (AvgIpc) is 3.20. The summed E-state index contributed by atoms with van der Waals surface area (Å²) in [7, 11) is 0. The van der Waals surface area contributed by atoms with Gasteiger partial charge in [-0.3, -0.25) is 5.41 Å². The molecule has 0 atom stereocenters. The zero-order valence-corrected chi connectivity index (χ0v) is 15.7. The summed E-state index contributed by atoms with van der Waals surface area (Å²) in [6.07, 6.45) is 0. The van der Waals surface area contributed by atoms with Crippen LogP contribution in [0.15, 0.2) is 59.7 Å². The van der Waals surface area contributed by atoms with Gasteiger partial charge in [0.05, 0.1) is 17.8 Å². The maximum Gasteiger partial charge on any atom is 0.135 e. The molecule has 3 aromatic rings. The number of halogens is 2. The van der Waals surface area contributed by atoms with E-state index in [2.05, 4.69) is 4.98 Å². The minimum Gasteiger partial charge on any atom is -0.510 e. The highest BCUT2D eigenvalue weighted by molar-refractivity contribution is 7.11. The summed E-state index contributed by atoms with van der Waals surface area (Å²) in [5, 5.41) is 21.9. The van der Waals surface area contributed by atoms with E-state index in [0.29, 0.717) is 22.1 Å². The Morgan fingerprint density at radius 3 is 2.81 bits per heavy atom. The monoisotopic (exact) mass is 399 g/mol. The number of nitrogens with one attached hydrogen (secondary N) is 1. The molecule has 2 heterocycles. The van der Waals surface area contributed by atoms with Crippen LogP contribution in [0.3, 0.4) is 0 Å². The Bertz CT molecular complexity index is 1060. The predicted octanol–water partition coefficient (Wildman–Crippen LogP) is 5.36. The van der Waals surface area contributed by atoms with Crippen molar-refractivity contribution in [3.63, 3.8) is 0 Å². The van der Waals surface area contributed by atoms with Crippen molar-refractivity contribution in [1.29, 1.82) is 5.41 Å². The van der Waals surface area contributed by atoms with Crippen LogP contribution in [0, 0.1) is 11.2 Å². The minimum absolute atomic E-state index is 0.100. The van der Waals surface area contributed by atoms with Crippen LogP contribution in [-0.4, -0.2) is 27.4 Å². The number of hydrogen-bond donors (Lipinski definition) is 2. The SMILES string of the molecule is N=C1C(c2nc(-c3cccc(Cl)c3)cs2)=C(O)CN1Cc1cccc(F)c1. The molecule has 0 fully saturated rings. The van der Waals surface area contributed by atoms with Crippen molar-refractivity contribution in [1.82, 2.24) is 9.88 Å². The van der Waals surface area contributed by atoms with Crippen molar-refractivity contribution in [3.05, 3.63) is 81.1 Å². The van der Waals surface area contributed by atoms with Gasteiger partial charge >= 0.3 is 0 Å². The van der Waals surface area contributed by atoms with Gasteiger partial charge in [0, 0.05) is 22.5 Å². The van der Waals surface area contributed by atoms with Crippen LogP contribution in [0.25, 0.3) is 16.8 Å². The molecule has 136 valence electrons. The molecule has 4 nitrogen and oxygen atoms in total. The van der Waals surface area contributed by atoms with Crippen LogP contribution < -0.4 is 0 Å². The maximum atomic E-state index is 13.4. The fourth-order valence-electron chi connectivity index (χ4n) is 3.02. The normalized spacial score (nSPS) is 14.3. The molecule has 2 aromatic carbocycles. The molecule has 0 spiro atoms. The number of amidine groups is 1. The molecule has 0 saturated heterocycles. The molecule has 7 heteroatoms. The summed E-state index contributed by atoms with van der Waals surface area (Å²) >= 11 is 7.41. The van der Waals surface area contributed by atoms with E-state index in [1.165, 1.54) is 23.5 Å². The van der Waals surface area contributed by atoms with E-state index in [9.17, 15) is 9.50 Å². The van der Waals surface area contributed by atoms with Gasteiger partial charge in [-0.15, -0.1) is 11.3 Å². The number of rotatable bonds is 4.